The number of benzene rings is 2. The first-order chi connectivity index (χ1) is 12.3. The Balaban J connectivity index is 1.39. The van der Waals surface area contributed by atoms with Crippen molar-refractivity contribution in [3.05, 3.63) is 66.1 Å². The van der Waals surface area contributed by atoms with Crippen molar-refractivity contribution < 1.29 is 13.9 Å². The highest BCUT2D eigenvalue weighted by atomic mass is 19.1. The van der Waals surface area contributed by atoms with Crippen LogP contribution >= 0.6 is 0 Å². The first-order valence-corrected chi connectivity index (χ1v) is 8.56. The Morgan fingerprint density at radius 2 is 2.04 bits per heavy atom. The summed E-state index contributed by atoms with van der Waals surface area (Å²) in [7, 11) is 0. The highest BCUT2D eigenvalue weighted by Gasteiger charge is 2.22. The van der Waals surface area contributed by atoms with E-state index in [1.54, 1.807) is 6.07 Å². The highest BCUT2D eigenvalue weighted by molar-refractivity contribution is 5.83. The van der Waals surface area contributed by atoms with E-state index in [9.17, 15) is 4.39 Å². The number of para-hydroxylation sites is 1. The predicted molar refractivity (Wildman–Crippen MR) is 95.2 cm³/mol. The smallest absolute Gasteiger partial charge is 0.132 e. The van der Waals surface area contributed by atoms with Crippen LogP contribution in [0.4, 0.5) is 4.39 Å². The molecule has 1 aliphatic heterocycles. The van der Waals surface area contributed by atoms with Crippen LogP contribution in [-0.2, 0) is 11.3 Å². The Labute approximate surface area is 146 Å². The number of aromatic amines is 1. The van der Waals surface area contributed by atoms with Crippen LogP contribution in [0.1, 0.15) is 5.56 Å². The Hall–Kier alpha value is -2.37. The summed E-state index contributed by atoms with van der Waals surface area (Å²) in [5, 5.41) is 0.686. The Morgan fingerprint density at radius 3 is 2.92 bits per heavy atom. The maximum Gasteiger partial charge on any atom is 0.132 e. The summed E-state index contributed by atoms with van der Waals surface area (Å²) >= 11 is 0. The SMILES string of the molecule is Fc1cccc2[nH]cc(CN3CCO[C@H](COc4ccccc4)C3)c12. The molecule has 5 heteroatoms. The van der Waals surface area contributed by atoms with Crippen LogP contribution < -0.4 is 4.74 Å². The van der Waals surface area contributed by atoms with E-state index in [1.807, 2.05) is 42.6 Å². The summed E-state index contributed by atoms with van der Waals surface area (Å²) in [6.07, 6.45) is 1.92. The second-order valence-electron chi connectivity index (χ2n) is 6.33. The minimum Gasteiger partial charge on any atom is -0.491 e. The van der Waals surface area contributed by atoms with Crippen LogP contribution in [-0.4, -0.2) is 42.3 Å². The largest absolute Gasteiger partial charge is 0.491 e. The van der Waals surface area contributed by atoms with E-state index in [0.717, 1.165) is 29.9 Å². The van der Waals surface area contributed by atoms with Crippen molar-refractivity contribution in [1.82, 2.24) is 9.88 Å². The van der Waals surface area contributed by atoms with Crippen molar-refractivity contribution in [2.75, 3.05) is 26.3 Å². The molecule has 1 N–H and O–H groups in total. The number of H-pyrrole nitrogens is 1. The third-order valence-electron chi connectivity index (χ3n) is 4.53. The van der Waals surface area contributed by atoms with Crippen molar-refractivity contribution in [2.24, 2.45) is 0 Å². The molecule has 0 spiro atoms. The van der Waals surface area contributed by atoms with Crippen molar-refractivity contribution in [3.63, 3.8) is 0 Å². The summed E-state index contributed by atoms with van der Waals surface area (Å²) < 4.78 is 25.7. The zero-order valence-electron chi connectivity index (χ0n) is 14.0. The maximum atomic E-state index is 14.1. The zero-order valence-corrected chi connectivity index (χ0v) is 14.0. The molecule has 0 amide bonds. The van der Waals surface area contributed by atoms with E-state index >= 15 is 0 Å². The Morgan fingerprint density at radius 1 is 1.16 bits per heavy atom. The molecule has 4 rings (SSSR count). The number of morpholine rings is 1. The van der Waals surface area contributed by atoms with Crippen LogP contribution in [0.2, 0.25) is 0 Å². The molecule has 3 aromatic rings. The van der Waals surface area contributed by atoms with Gasteiger partial charge in [0.15, 0.2) is 0 Å². The third kappa shape index (κ3) is 3.67. The van der Waals surface area contributed by atoms with Crippen LogP contribution in [0.15, 0.2) is 54.7 Å². The number of ether oxygens (including phenoxy) is 2. The normalized spacial score (nSPS) is 18.5. The fourth-order valence-corrected chi connectivity index (χ4v) is 3.30. The van der Waals surface area contributed by atoms with Gasteiger partial charge in [-0.2, -0.15) is 0 Å². The maximum absolute atomic E-state index is 14.1. The highest BCUT2D eigenvalue weighted by Crippen LogP contribution is 2.23. The topological polar surface area (TPSA) is 37.5 Å². The summed E-state index contributed by atoms with van der Waals surface area (Å²) in [6.45, 7) is 3.49. The molecular weight excluding hydrogens is 319 g/mol. The lowest BCUT2D eigenvalue weighted by molar-refractivity contribution is -0.0503. The van der Waals surface area contributed by atoms with Gasteiger partial charge in [-0.05, 0) is 29.8 Å². The molecule has 0 saturated carbocycles. The molecule has 0 aliphatic carbocycles. The van der Waals surface area contributed by atoms with Crippen molar-refractivity contribution in [3.8, 4) is 5.75 Å². The minimum atomic E-state index is -0.175. The van der Waals surface area contributed by atoms with Crippen molar-refractivity contribution in [2.45, 2.75) is 12.6 Å². The molecule has 130 valence electrons. The monoisotopic (exact) mass is 340 g/mol. The van der Waals surface area contributed by atoms with Gasteiger partial charge in [0.05, 0.1) is 6.61 Å². The number of nitrogens with one attached hydrogen (secondary N) is 1. The minimum absolute atomic E-state index is 0.0176. The standard InChI is InChI=1S/C20H21FN2O2/c21-18-7-4-8-19-20(18)15(11-22-19)12-23-9-10-24-17(13-23)14-25-16-5-2-1-3-6-16/h1-8,11,17,22H,9-10,12-14H2/t17-/m0/s1. The third-order valence-corrected chi connectivity index (χ3v) is 4.53. The molecule has 2 aromatic carbocycles. The summed E-state index contributed by atoms with van der Waals surface area (Å²) in [5.74, 6) is 0.674. The van der Waals surface area contributed by atoms with Crippen LogP contribution in [0.25, 0.3) is 10.9 Å². The van der Waals surface area contributed by atoms with Gasteiger partial charge in [-0.25, -0.2) is 4.39 Å². The average molecular weight is 340 g/mol. The molecule has 0 unspecified atom stereocenters. The first-order valence-electron chi connectivity index (χ1n) is 8.56. The molecule has 1 saturated heterocycles. The van der Waals surface area contributed by atoms with Gasteiger partial charge in [0, 0.05) is 36.7 Å². The number of hydrogen-bond donors (Lipinski definition) is 1. The number of nitrogens with zero attached hydrogens (tertiary/aromatic N) is 1. The zero-order chi connectivity index (χ0) is 17.1. The van der Waals surface area contributed by atoms with Crippen molar-refractivity contribution in [1.29, 1.82) is 0 Å². The molecule has 1 fully saturated rings. The van der Waals surface area contributed by atoms with Gasteiger partial charge >= 0.3 is 0 Å². The van der Waals surface area contributed by atoms with E-state index in [1.165, 1.54) is 6.07 Å². The van der Waals surface area contributed by atoms with Gasteiger partial charge in [-0.15, -0.1) is 0 Å². The number of hydrogen-bond acceptors (Lipinski definition) is 3. The summed E-state index contributed by atoms with van der Waals surface area (Å²) in [6, 6.07) is 14.9. The molecule has 1 aromatic heterocycles. The van der Waals surface area contributed by atoms with Crippen LogP contribution in [0.3, 0.4) is 0 Å². The molecule has 0 radical (unpaired) electrons. The first kappa shape index (κ1) is 16.1. The van der Waals surface area contributed by atoms with Gasteiger partial charge in [-0.1, -0.05) is 24.3 Å². The van der Waals surface area contributed by atoms with E-state index in [2.05, 4.69) is 9.88 Å². The van der Waals surface area contributed by atoms with E-state index < -0.39 is 0 Å². The predicted octanol–water partition coefficient (Wildman–Crippen LogP) is 3.59. The molecule has 4 nitrogen and oxygen atoms in total. The number of fused-ring (bicyclic) bond motifs is 1. The lowest BCUT2D eigenvalue weighted by Gasteiger charge is -2.32. The van der Waals surface area contributed by atoms with Crippen molar-refractivity contribution >= 4 is 10.9 Å². The quantitative estimate of drug-likeness (QED) is 0.771. The molecule has 1 aliphatic rings. The number of rotatable bonds is 5. The lowest BCUT2D eigenvalue weighted by Crippen LogP contribution is -2.44. The average Bonchev–Trinajstić information content (AvgIpc) is 3.05. The molecular formula is C20H21FN2O2. The van der Waals surface area contributed by atoms with Gasteiger partial charge in [-0.3, -0.25) is 4.90 Å². The second-order valence-corrected chi connectivity index (χ2v) is 6.33. The van der Waals surface area contributed by atoms with Crippen LogP contribution in [0, 0.1) is 5.82 Å². The number of aromatic nitrogens is 1. The second kappa shape index (κ2) is 7.25. The van der Waals surface area contributed by atoms with E-state index in [-0.39, 0.29) is 11.9 Å². The lowest BCUT2D eigenvalue weighted by atomic mass is 10.1. The van der Waals surface area contributed by atoms with Gasteiger partial charge in [0.25, 0.3) is 0 Å². The van der Waals surface area contributed by atoms with Gasteiger partial charge < -0.3 is 14.5 Å². The molecule has 2 heterocycles. The Bertz CT molecular complexity index is 834. The summed E-state index contributed by atoms with van der Waals surface area (Å²) in [4.78, 5) is 5.44. The van der Waals surface area contributed by atoms with Gasteiger partial charge in [0.2, 0.25) is 0 Å². The van der Waals surface area contributed by atoms with Crippen LogP contribution in [0.5, 0.6) is 5.75 Å². The Kier molecular flexibility index (Phi) is 4.68. The van der Waals surface area contributed by atoms with E-state index in [4.69, 9.17) is 9.47 Å². The van der Waals surface area contributed by atoms with E-state index in [0.29, 0.717) is 25.1 Å². The number of halogens is 1. The molecule has 25 heavy (non-hydrogen) atoms. The molecule has 1 atom stereocenters. The fraction of sp³-hybridized carbons (Fsp3) is 0.300. The fourth-order valence-electron chi connectivity index (χ4n) is 3.30. The summed E-state index contributed by atoms with van der Waals surface area (Å²) in [5.41, 5.74) is 1.82. The molecule has 0 bridgehead atoms. The van der Waals surface area contributed by atoms with Gasteiger partial charge in [0.1, 0.15) is 24.3 Å².